The molecule has 2 aromatic carbocycles. The largest absolute Gasteiger partial charge is 0.493 e. The number of nitrogens with one attached hydrogen (secondary N) is 2. The first kappa shape index (κ1) is 20.7. The van der Waals surface area contributed by atoms with Crippen LogP contribution in [0.3, 0.4) is 0 Å². The van der Waals surface area contributed by atoms with Crippen LogP contribution >= 0.6 is 15.9 Å². The first-order valence-electron chi connectivity index (χ1n) is 9.11. The minimum atomic E-state index is -0.473. The molecule has 0 unspecified atom stereocenters. The highest BCUT2D eigenvalue weighted by Crippen LogP contribution is 2.36. The number of aryl methyl sites for hydroxylation is 1. The number of nitrogens with zero attached hydrogens (tertiary/aromatic N) is 1. The smallest absolute Gasteiger partial charge is 0.271 e. The van der Waals surface area contributed by atoms with Gasteiger partial charge in [0.1, 0.15) is 0 Å². The van der Waals surface area contributed by atoms with E-state index in [-0.39, 0.29) is 0 Å². The van der Waals surface area contributed by atoms with Gasteiger partial charge >= 0.3 is 0 Å². The van der Waals surface area contributed by atoms with Crippen molar-refractivity contribution in [2.45, 2.75) is 13.3 Å². The van der Waals surface area contributed by atoms with Gasteiger partial charge < -0.3 is 14.0 Å². The van der Waals surface area contributed by atoms with E-state index in [4.69, 9.17) is 9.47 Å². The zero-order valence-corrected chi connectivity index (χ0v) is 18.0. The number of rotatable bonds is 6. The molecule has 0 aliphatic heterocycles. The summed E-state index contributed by atoms with van der Waals surface area (Å²) in [6.45, 7) is 2.53. The molecule has 29 heavy (non-hydrogen) atoms. The van der Waals surface area contributed by atoms with Crippen molar-refractivity contribution in [1.29, 1.82) is 0 Å². The van der Waals surface area contributed by atoms with E-state index in [1.54, 1.807) is 18.3 Å². The van der Waals surface area contributed by atoms with E-state index >= 15 is 0 Å². The fourth-order valence-corrected chi connectivity index (χ4v) is 3.53. The maximum atomic E-state index is 12.6. The van der Waals surface area contributed by atoms with Crippen molar-refractivity contribution in [2.75, 3.05) is 13.7 Å². The summed E-state index contributed by atoms with van der Waals surface area (Å²) in [5.41, 5.74) is 6.64. The Morgan fingerprint density at radius 1 is 1.14 bits per heavy atom. The molecule has 0 fully saturated rings. The first-order chi connectivity index (χ1) is 14.0. The number of carbonyl (C=O) groups excluding carboxylic acids is 2. The Labute approximate surface area is 177 Å². The second kappa shape index (κ2) is 9.00. The number of hydrogen-bond donors (Lipinski definition) is 2. The van der Waals surface area contributed by atoms with Crippen molar-refractivity contribution in [2.24, 2.45) is 7.05 Å². The highest BCUT2D eigenvalue weighted by atomic mass is 79.9. The molecule has 8 heteroatoms. The van der Waals surface area contributed by atoms with Crippen LogP contribution < -0.4 is 20.3 Å². The van der Waals surface area contributed by atoms with Crippen LogP contribution in [0, 0.1) is 0 Å². The first-order valence-corrected chi connectivity index (χ1v) is 9.90. The Balaban J connectivity index is 1.75. The Bertz CT molecular complexity index is 1060. The molecular formula is C21H22BrN3O4. The lowest BCUT2D eigenvalue weighted by Gasteiger charge is -2.14. The summed E-state index contributed by atoms with van der Waals surface area (Å²) in [4.78, 5) is 25.1. The lowest BCUT2D eigenvalue weighted by atomic mass is 10.1. The summed E-state index contributed by atoms with van der Waals surface area (Å²) in [6, 6.07) is 10.7. The van der Waals surface area contributed by atoms with Crippen LogP contribution in [0.4, 0.5) is 0 Å². The third-order valence-electron chi connectivity index (χ3n) is 4.37. The van der Waals surface area contributed by atoms with Gasteiger partial charge in [0.05, 0.1) is 23.8 Å². The number of fused-ring (bicyclic) bond motifs is 1. The van der Waals surface area contributed by atoms with E-state index in [0.29, 0.717) is 33.7 Å². The highest BCUT2D eigenvalue weighted by molar-refractivity contribution is 9.10. The monoisotopic (exact) mass is 459 g/mol. The number of halogens is 1. The van der Waals surface area contributed by atoms with E-state index < -0.39 is 11.8 Å². The van der Waals surface area contributed by atoms with Crippen LogP contribution in [0.15, 0.2) is 47.1 Å². The number of aromatic nitrogens is 1. The topological polar surface area (TPSA) is 81.6 Å². The van der Waals surface area contributed by atoms with E-state index in [0.717, 1.165) is 17.3 Å². The van der Waals surface area contributed by atoms with Crippen LogP contribution in [0.1, 0.15) is 34.1 Å². The molecule has 0 spiro atoms. The van der Waals surface area contributed by atoms with Gasteiger partial charge in [0.25, 0.3) is 11.8 Å². The number of methoxy groups -OCH3 is 1. The van der Waals surface area contributed by atoms with Crippen LogP contribution in [0.25, 0.3) is 10.9 Å². The number of para-hydroxylation sites is 1. The van der Waals surface area contributed by atoms with Crippen molar-refractivity contribution >= 4 is 38.6 Å². The number of hydrazine groups is 1. The molecule has 1 heterocycles. The number of hydrogen-bond acceptors (Lipinski definition) is 4. The number of benzene rings is 2. The highest BCUT2D eigenvalue weighted by Gasteiger charge is 2.18. The van der Waals surface area contributed by atoms with Crippen molar-refractivity contribution in [3.8, 4) is 11.5 Å². The van der Waals surface area contributed by atoms with Gasteiger partial charge in [0.15, 0.2) is 11.5 Å². The normalized spacial score (nSPS) is 10.6. The second-order valence-electron chi connectivity index (χ2n) is 6.42. The van der Waals surface area contributed by atoms with E-state index in [2.05, 4.69) is 26.8 Å². The molecule has 0 radical (unpaired) electrons. The molecule has 7 nitrogen and oxygen atoms in total. The maximum absolute atomic E-state index is 12.6. The van der Waals surface area contributed by atoms with Crippen molar-refractivity contribution < 1.29 is 19.1 Å². The number of carbonyl (C=O) groups is 2. The van der Waals surface area contributed by atoms with Gasteiger partial charge in [0, 0.05) is 29.7 Å². The lowest BCUT2D eigenvalue weighted by molar-refractivity contribution is 0.0847. The van der Waals surface area contributed by atoms with Gasteiger partial charge in [-0.1, -0.05) is 25.1 Å². The summed E-state index contributed by atoms with van der Waals surface area (Å²) in [5, 5.41) is 0.809. The molecule has 3 rings (SSSR count). The quantitative estimate of drug-likeness (QED) is 0.549. The minimum Gasteiger partial charge on any atom is -0.493 e. The molecule has 0 saturated heterocycles. The molecule has 2 amide bonds. The Hall–Kier alpha value is -3.00. The van der Waals surface area contributed by atoms with Gasteiger partial charge in [-0.05, 0) is 40.5 Å². The molecule has 3 aromatic rings. The van der Waals surface area contributed by atoms with Gasteiger partial charge in [-0.15, -0.1) is 0 Å². The van der Waals surface area contributed by atoms with Crippen LogP contribution in [-0.4, -0.2) is 30.1 Å². The molecule has 0 atom stereocenters. The predicted molar refractivity (Wildman–Crippen MR) is 114 cm³/mol. The molecule has 0 aliphatic rings. The fraction of sp³-hybridized carbons (Fsp3) is 0.238. The lowest BCUT2D eigenvalue weighted by Crippen LogP contribution is -2.41. The van der Waals surface area contributed by atoms with Crippen molar-refractivity contribution in [3.63, 3.8) is 0 Å². The van der Waals surface area contributed by atoms with Crippen LogP contribution in [0.5, 0.6) is 11.5 Å². The third kappa shape index (κ3) is 4.37. The average molecular weight is 460 g/mol. The van der Waals surface area contributed by atoms with Crippen molar-refractivity contribution in [1.82, 2.24) is 15.4 Å². The molecule has 152 valence electrons. The predicted octanol–water partition coefficient (Wildman–Crippen LogP) is 3.81. The molecule has 0 bridgehead atoms. The Morgan fingerprint density at radius 3 is 2.59 bits per heavy atom. The number of ether oxygens (including phenoxy) is 2. The zero-order chi connectivity index (χ0) is 21.0. The second-order valence-corrected chi connectivity index (χ2v) is 7.27. The van der Waals surface area contributed by atoms with Crippen LogP contribution in [0.2, 0.25) is 0 Å². The van der Waals surface area contributed by atoms with Gasteiger partial charge in [0.2, 0.25) is 0 Å². The summed E-state index contributed by atoms with van der Waals surface area (Å²) in [7, 11) is 3.37. The summed E-state index contributed by atoms with van der Waals surface area (Å²) >= 11 is 3.41. The Kier molecular flexibility index (Phi) is 6.43. The van der Waals surface area contributed by atoms with E-state index in [1.165, 1.54) is 7.11 Å². The van der Waals surface area contributed by atoms with Gasteiger partial charge in [-0.25, -0.2) is 0 Å². The fourth-order valence-electron chi connectivity index (χ4n) is 2.97. The standard InChI is InChI=1S/C21H22BrN3O4/c1-4-9-29-19-16(22)10-13(11-18(19)28-3)20(26)23-24-21(27)15-12-25(2)17-8-6-5-7-14(15)17/h5-8,10-12H,4,9H2,1-3H3,(H,23,26)(H,24,27). The van der Waals surface area contributed by atoms with E-state index in [9.17, 15) is 9.59 Å². The average Bonchev–Trinajstić information content (AvgIpc) is 3.07. The van der Waals surface area contributed by atoms with E-state index in [1.807, 2.05) is 42.8 Å². The minimum absolute atomic E-state index is 0.316. The molecule has 1 aromatic heterocycles. The molecule has 2 N–H and O–H groups in total. The van der Waals surface area contributed by atoms with Gasteiger partial charge in [-0.2, -0.15) is 0 Å². The number of amides is 2. The Morgan fingerprint density at radius 2 is 1.86 bits per heavy atom. The maximum Gasteiger partial charge on any atom is 0.271 e. The third-order valence-corrected chi connectivity index (χ3v) is 4.96. The van der Waals surface area contributed by atoms with Gasteiger partial charge in [-0.3, -0.25) is 20.4 Å². The summed E-state index contributed by atoms with van der Waals surface area (Å²) in [6.07, 6.45) is 2.57. The van der Waals surface area contributed by atoms with Crippen molar-refractivity contribution in [3.05, 3.63) is 58.2 Å². The molecule has 0 saturated carbocycles. The zero-order valence-electron chi connectivity index (χ0n) is 16.4. The molecule has 0 aliphatic carbocycles. The summed E-state index contributed by atoms with van der Waals surface area (Å²) < 4.78 is 13.5. The summed E-state index contributed by atoms with van der Waals surface area (Å²) in [5.74, 6) is 0.0905. The molecular weight excluding hydrogens is 438 g/mol. The van der Waals surface area contributed by atoms with Crippen LogP contribution in [-0.2, 0) is 7.05 Å². The SMILES string of the molecule is CCCOc1c(Br)cc(C(=O)NNC(=O)c2cn(C)c3ccccc23)cc1OC.